The molecule has 5 rings (SSSR count). The number of nitrogens with zero attached hydrogens (tertiary/aromatic N) is 4. The van der Waals surface area contributed by atoms with E-state index in [0.717, 1.165) is 35.5 Å². The lowest BCUT2D eigenvalue weighted by Crippen LogP contribution is -1.97. The summed E-state index contributed by atoms with van der Waals surface area (Å²) in [7, 11) is 3.17. The van der Waals surface area contributed by atoms with E-state index < -0.39 is 0 Å². The summed E-state index contributed by atoms with van der Waals surface area (Å²) in [6.45, 7) is 5.96. The molecule has 0 N–H and O–H groups in total. The first-order valence-corrected chi connectivity index (χ1v) is 22.0. The largest absolute Gasteiger partial charge is 0.496 e. The molecule has 0 aliphatic heterocycles. The summed E-state index contributed by atoms with van der Waals surface area (Å²) in [6.07, 6.45) is 26.0. The number of aromatic nitrogens is 4. The quantitative estimate of drug-likeness (QED) is 0.0416. The second kappa shape index (κ2) is 25.5. The van der Waals surface area contributed by atoms with E-state index >= 15 is 0 Å². The van der Waals surface area contributed by atoms with Crippen LogP contribution >= 0.6 is 0 Å². The Kier molecular flexibility index (Phi) is 19.4. The van der Waals surface area contributed by atoms with Gasteiger partial charge >= 0.3 is 0 Å². The maximum absolute atomic E-state index is 6.13. The predicted octanol–water partition coefficient (Wildman–Crippen LogP) is 13.7. The van der Waals surface area contributed by atoms with Crippen molar-refractivity contribution >= 4 is 0 Å². The lowest BCUT2D eigenvalue weighted by molar-refractivity contribution is 0.304. The van der Waals surface area contributed by atoms with Crippen LogP contribution in [0.4, 0.5) is 0 Å². The summed E-state index contributed by atoms with van der Waals surface area (Å²) in [5.41, 5.74) is 2.73. The number of hydrogen-bond donors (Lipinski definition) is 0. The van der Waals surface area contributed by atoms with Crippen LogP contribution in [-0.4, -0.2) is 47.8 Å². The average Bonchev–Trinajstić information content (AvgIpc) is 3.96. The van der Waals surface area contributed by atoms with Crippen LogP contribution in [0.1, 0.15) is 142 Å². The lowest BCUT2D eigenvalue weighted by atomic mass is 10.1. The number of hydrogen-bond acceptors (Lipinski definition) is 10. The van der Waals surface area contributed by atoms with Crippen LogP contribution in [-0.2, 0) is 0 Å². The Balaban J connectivity index is 1.10. The summed E-state index contributed by atoms with van der Waals surface area (Å²) in [4.78, 5) is 0. The van der Waals surface area contributed by atoms with Crippen molar-refractivity contribution in [2.24, 2.45) is 0 Å². The molecular weight excluding hydrogens is 729 g/mol. The number of ether oxygens (including phenoxy) is 4. The Labute approximate surface area is 346 Å². The molecule has 10 heteroatoms. The molecule has 58 heavy (non-hydrogen) atoms. The van der Waals surface area contributed by atoms with Crippen LogP contribution in [0.5, 0.6) is 23.0 Å². The molecule has 0 bridgehead atoms. The molecule has 2 aromatic heterocycles. The van der Waals surface area contributed by atoms with Crippen molar-refractivity contribution in [2.45, 2.75) is 142 Å². The first-order chi connectivity index (χ1) is 28.6. The van der Waals surface area contributed by atoms with E-state index in [9.17, 15) is 0 Å². The van der Waals surface area contributed by atoms with Crippen molar-refractivity contribution in [2.75, 3.05) is 27.4 Å². The zero-order valence-electron chi connectivity index (χ0n) is 35.6. The normalized spacial score (nSPS) is 11.2. The first-order valence-electron chi connectivity index (χ1n) is 22.0. The van der Waals surface area contributed by atoms with Gasteiger partial charge in [-0.1, -0.05) is 129 Å². The van der Waals surface area contributed by atoms with Gasteiger partial charge in [0.25, 0.3) is 11.8 Å². The zero-order chi connectivity index (χ0) is 40.6. The lowest BCUT2D eigenvalue weighted by Gasteiger charge is -2.11. The van der Waals surface area contributed by atoms with Crippen LogP contribution in [0.3, 0.4) is 0 Å². The molecule has 3 aromatic carbocycles. The molecule has 0 unspecified atom stereocenters. The van der Waals surface area contributed by atoms with E-state index in [2.05, 4.69) is 34.2 Å². The SMILES string of the molecule is CCCCCCCCCCCCOc1ccc(-c2nnc(-c3cc(OC)c(-c4nnc(-c5ccc(OCCCCCCCCCCCC)cc5)o4)cc3OC)o2)cc1. The van der Waals surface area contributed by atoms with Crippen molar-refractivity contribution < 1.29 is 27.8 Å². The first kappa shape index (κ1) is 44.2. The van der Waals surface area contributed by atoms with Crippen molar-refractivity contribution in [1.29, 1.82) is 0 Å². The highest BCUT2D eigenvalue weighted by Gasteiger charge is 2.22. The van der Waals surface area contributed by atoms with Crippen LogP contribution in [0.25, 0.3) is 45.8 Å². The summed E-state index contributed by atoms with van der Waals surface area (Å²) in [6, 6.07) is 19.0. The van der Waals surface area contributed by atoms with Crippen LogP contribution < -0.4 is 18.9 Å². The highest BCUT2D eigenvalue weighted by Crippen LogP contribution is 2.41. The van der Waals surface area contributed by atoms with E-state index in [-0.39, 0.29) is 0 Å². The summed E-state index contributed by atoms with van der Waals surface area (Å²) >= 11 is 0. The maximum atomic E-state index is 6.13. The molecule has 0 fully saturated rings. The molecule has 0 amide bonds. The summed E-state index contributed by atoms with van der Waals surface area (Å²) in [5, 5.41) is 17.3. The smallest absolute Gasteiger partial charge is 0.252 e. The molecule has 0 atom stereocenters. The molecule has 0 spiro atoms. The molecule has 0 saturated heterocycles. The molecule has 0 aliphatic carbocycles. The minimum atomic E-state index is 0.291. The molecule has 0 saturated carbocycles. The Hall–Kier alpha value is -4.86. The van der Waals surface area contributed by atoms with Crippen molar-refractivity contribution in [3.05, 3.63) is 60.7 Å². The standard InChI is InChI=1S/C48H66N4O6/c1-5-7-9-11-13-15-17-19-21-23-33-55-39-29-25-37(26-30-39)45-49-51-47(57-45)41-35-44(54-4)42(36-43(41)53-3)48-52-50-46(58-48)38-27-31-40(32-28-38)56-34-24-22-20-18-16-14-12-10-8-6-2/h25-32,35-36H,5-24,33-34H2,1-4H3. The van der Waals surface area contributed by atoms with Crippen LogP contribution in [0.15, 0.2) is 69.5 Å². The monoisotopic (exact) mass is 794 g/mol. The highest BCUT2D eigenvalue weighted by atomic mass is 16.5. The Morgan fingerprint density at radius 1 is 0.397 bits per heavy atom. The Bertz CT molecular complexity index is 1720. The Morgan fingerprint density at radius 3 is 1.03 bits per heavy atom. The minimum Gasteiger partial charge on any atom is -0.496 e. The number of unbranched alkanes of at least 4 members (excludes halogenated alkanes) is 18. The summed E-state index contributed by atoms with van der Waals surface area (Å²) in [5.74, 6) is 3.99. The second-order valence-electron chi connectivity index (χ2n) is 15.2. The van der Waals surface area contributed by atoms with Gasteiger partial charge in [0.05, 0.1) is 38.6 Å². The topological polar surface area (TPSA) is 115 Å². The van der Waals surface area contributed by atoms with Gasteiger partial charge in [-0.2, -0.15) is 0 Å². The van der Waals surface area contributed by atoms with Crippen molar-refractivity contribution in [3.8, 4) is 68.8 Å². The third-order valence-electron chi connectivity index (χ3n) is 10.6. The minimum absolute atomic E-state index is 0.291. The fourth-order valence-corrected chi connectivity index (χ4v) is 7.08. The van der Waals surface area contributed by atoms with Gasteiger partial charge in [0, 0.05) is 11.1 Å². The van der Waals surface area contributed by atoms with Gasteiger partial charge in [-0.25, -0.2) is 0 Å². The van der Waals surface area contributed by atoms with Crippen molar-refractivity contribution in [1.82, 2.24) is 20.4 Å². The number of methoxy groups -OCH3 is 2. The molecule has 0 radical (unpaired) electrons. The van der Waals surface area contributed by atoms with Crippen LogP contribution in [0.2, 0.25) is 0 Å². The van der Waals surface area contributed by atoms with Crippen LogP contribution in [0, 0.1) is 0 Å². The number of rotatable bonds is 30. The third-order valence-corrected chi connectivity index (χ3v) is 10.6. The Morgan fingerprint density at radius 2 is 0.707 bits per heavy atom. The average molecular weight is 795 g/mol. The van der Waals surface area contributed by atoms with Gasteiger partial charge < -0.3 is 27.8 Å². The fraction of sp³-hybridized carbons (Fsp3) is 0.542. The molecule has 2 heterocycles. The predicted molar refractivity (Wildman–Crippen MR) is 232 cm³/mol. The van der Waals surface area contributed by atoms with Gasteiger partial charge in [0.1, 0.15) is 23.0 Å². The molecule has 5 aromatic rings. The van der Waals surface area contributed by atoms with Gasteiger partial charge in [0.15, 0.2) is 0 Å². The molecular formula is C48H66N4O6. The van der Waals surface area contributed by atoms with E-state index in [4.69, 9.17) is 27.8 Å². The van der Waals surface area contributed by atoms with E-state index in [1.807, 2.05) is 48.5 Å². The van der Waals surface area contributed by atoms with Gasteiger partial charge in [-0.15, -0.1) is 20.4 Å². The third kappa shape index (κ3) is 14.2. The van der Waals surface area contributed by atoms with Gasteiger partial charge in [0.2, 0.25) is 11.8 Å². The van der Waals surface area contributed by atoms with E-state index in [1.165, 1.54) is 116 Å². The zero-order valence-corrected chi connectivity index (χ0v) is 35.6. The van der Waals surface area contributed by atoms with Gasteiger partial charge in [-0.05, 0) is 73.5 Å². The number of benzene rings is 3. The second-order valence-corrected chi connectivity index (χ2v) is 15.2. The van der Waals surface area contributed by atoms with E-state index in [1.54, 1.807) is 26.4 Å². The highest BCUT2D eigenvalue weighted by molar-refractivity contribution is 5.76. The fourth-order valence-electron chi connectivity index (χ4n) is 7.08. The van der Waals surface area contributed by atoms with Gasteiger partial charge in [-0.3, -0.25) is 0 Å². The molecule has 314 valence electrons. The summed E-state index contributed by atoms with van der Waals surface area (Å²) < 4.78 is 35.8. The molecule has 0 aliphatic rings. The maximum Gasteiger partial charge on any atom is 0.252 e. The van der Waals surface area contributed by atoms with Crippen molar-refractivity contribution in [3.63, 3.8) is 0 Å². The van der Waals surface area contributed by atoms with E-state index in [0.29, 0.717) is 59.4 Å². The molecule has 10 nitrogen and oxygen atoms in total.